The molecule has 0 atom stereocenters. The number of aromatic nitrogens is 4. The van der Waals surface area contributed by atoms with Gasteiger partial charge in [-0.05, 0) is 19.8 Å². The predicted molar refractivity (Wildman–Crippen MR) is 73.5 cm³/mol. The van der Waals surface area contributed by atoms with Crippen molar-refractivity contribution in [2.75, 3.05) is 0 Å². The fourth-order valence-corrected chi connectivity index (χ4v) is 2.12. The number of nitrogens with two attached hydrogens (primary N) is 2. The van der Waals surface area contributed by atoms with Crippen LogP contribution in [0.15, 0.2) is 12.7 Å². The lowest BCUT2D eigenvalue weighted by Crippen LogP contribution is -2.15. The third-order valence-electron chi connectivity index (χ3n) is 3.16. The van der Waals surface area contributed by atoms with E-state index in [1.54, 1.807) is 0 Å². The summed E-state index contributed by atoms with van der Waals surface area (Å²) < 4.78 is 3.06. The van der Waals surface area contributed by atoms with Crippen molar-refractivity contribution in [3.63, 3.8) is 0 Å². The molecular weight excluding hydrogens is 296 g/mol. The molecule has 0 unspecified atom stereocenters. The SMILES string of the molecule is NCc1c([N+](=O)[O-])ncn1CCn1cnc([N+](=O)[O-])c1CN. The van der Waals surface area contributed by atoms with Crippen LogP contribution >= 0.6 is 0 Å². The van der Waals surface area contributed by atoms with Crippen LogP contribution in [-0.4, -0.2) is 28.9 Å². The molecule has 0 aliphatic carbocycles. The maximum atomic E-state index is 10.8. The topological polar surface area (TPSA) is 174 Å². The quantitative estimate of drug-likeness (QED) is 0.508. The average Bonchev–Trinajstić information content (AvgIpc) is 3.07. The minimum Gasteiger partial charge on any atom is -0.358 e. The number of imidazole rings is 2. The fourth-order valence-electron chi connectivity index (χ4n) is 2.12. The van der Waals surface area contributed by atoms with Gasteiger partial charge in [0.1, 0.15) is 11.4 Å². The van der Waals surface area contributed by atoms with E-state index >= 15 is 0 Å². The van der Waals surface area contributed by atoms with Crippen molar-refractivity contribution < 1.29 is 9.85 Å². The average molecular weight is 310 g/mol. The Morgan fingerprint density at radius 3 is 1.55 bits per heavy atom. The first kappa shape index (κ1) is 15.5. The number of hydrogen-bond donors (Lipinski definition) is 2. The van der Waals surface area contributed by atoms with Crippen LogP contribution in [-0.2, 0) is 26.2 Å². The van der Waals surface area contributed by atoms with Crippen LogP contribution in [0.1, 0.15) is 11.4 Å². The maximum Gasteiger partial charge on any atom is 0.386 e. The molecule has 12 heteroatoms. The summed E-state index contributed by atoms with van der Waals surface area (Å²) in [4.78, 5) is 27.8. The van der Waals surface area contributed by atoms with Gasteiger partial charge in [-0.1, -0.05) is 0 Å². The molecule has 0 saturated heterocycles. The molecule has 0 bridgehead atoms. The van der Waals surface area contributed by atoms with E-state index in [4.69, 9.17) is 11.5 Å². The van der Waals surface area contributed by atoms with E-state index in [0.717, 1.165) is 0 Å². The molecule has 0 fully saturated rings. The Kier molecular flexibility index (Phi) is 4.43. The van der Waals surface area contributed by atoms with Crippen LogP contribution in [0.5, 0.6) is 0 Å². The molecule has 0 spiro atoms. The Labute approximate surface area is 123 Å². The Morgan fingerprint density at radius 1 is 0.909 bits per heavy atom. The maximum absolute atomic E-state index is 10.8. The number of nitro groups is 2. The Hall–Kier alpha value is -2.86. The summed E-state index contributed by atoms with van der Waals surface area (Å²) in [5.41, 5.74) is 11.6. The van der Waals surface area contributed by atoms with Gasteiger partial charge in [0, 0.05) is 26.2 Å². The van der Waals surface area contributed by atoms with Gasteiger partial charge >= 0.3 is 11.6 Å². The highest BCUT2D eigenvalue weighted by molar-refractivity contribution is 5.28. The molecule has 12 nitrogen and oxygen atoms in total. The lowest BCUT2D eigenvalue weighted by molar-refractivity contribution is -0.390. The van der Waals surface area contributed by atoms with E-state index in [1.807, 2.05) is 0 Å². The van der Waals surface area contributed by atoms with E-state index in [2.05, 4.69) is 9.97 Å². The fraction of sp³-hybridized carbons (Fsp3) is 0.400. The predicted octanol–water partition coefficient (Wildman–Crippen LogP) is -0.486. The molecule has 2 aromatic heterocycles. The number of nitrogens with zero attached hydrogens (tertiary/aromatic N) is 6. The van der Waals surface area contributed by atoms with Crippen LogP contribution < -0.4 is 11.5 Å². The second-order valence-corrected chi connectivity index (χ2v) is 4.34. The van der Waals surface area contributed by atoms with Gasteiger partial charge in [-0.3, -0.25) is 0 Å². The first-order chi connectivity index (χ1) is 10.5. The number of rotatable bonds is 7. The highest BCUT2D eigenvalue weighted by Crippen LogP contribution is 2.18. The summed E-state index contributed by atoms with van der Waals surface area (Å²) in [6, 6.07) is 0. The molecule has 0 aliphatic rings. The zero-order chi connectivity index (χ0) is 16.3. The molecule has 0 aromatic carbocycles. The summed E-state index contributed by atoms with van der Waals surface area (Å²) in [5.74, 6) is -0.587. The van der Waals surface area contributed by atoms with E-state index < -0.39 is 9.85 Å². The minimum absolute atomic E-state index is 0.0376. The van der Waals surface area contributed by atoms with Gasteiger partial charge in [0.25, 0.3) is 0 Å². The van der Waals surface area contributed by atoms with Crippen LogP contribution in [0.25, 0.3) is 0 Å². The van der Waals surface area contributed by atoms with Crippen molar-refractivity contribution in [2.45, 2.75) is 26.2 Å². The molecule has 0 saturated carbocycles. The second kappa shape index (κ2) is 6.28. The molecule has 2 heterocycles. The highest BCUT2D eigenvalue weighted by Gasteiger charge is 2.22. The van der Waals surface area contributed by atoms with Gasteiger partial charge in [-0.2, -0.15) is 0 Å². The minimum atomic E-state index is -0.605. The van der Waals surface area contributed by atoms with Crippen molar-refractivity contribution in [2.24, 2.45) is 11.5 Å². The standard InChI is InChI=1S/C10H14N8O4/c11-3-7-9(17(19)20)13-5-15(7)1-2-16-6-14-10(18(21)22)8(16)4-12/h5-6H,1-4,11-12H2. The Bertz CT molecular complexity index is 646. The summed E-state index contributed by atoms with van der Waals surface area (Å²) in [5, 5.41) is 21.6. The lowest BCUT2D eigenvalue weighted by atomic mass is 10.4. The van der Waals surface area contributed by atoms with Crippen molar-refractivity contribution in [3.8, 4) is 0 Å². The van der Waals surface area contributed by atoms with Crippen molar-refractivity contribution in [3.05, 3.63) is 44.3 Å². The van der Waals surface area contributed by atoms with Crippen LogP contribution in [0, 0.1) is 20.2 Å². The van der Waals surface area contributed by atoms with E-state index in [-0.39, 0.29) is 36.1 Å². The summed E-state index contributed by atoms with van der Waals surface area (Å²) in [6.07, 6.45) is 2.63. The van der Waals surface area contributed by atoms with E-state index in [1.165, 1.54) is 21.8 Å². The molecule has 0 radical (unpaired) electrons. The second-order valence-electron chi connectivity index (χ2n) is 4.34. The Morgan fingerprint density at radius 2 is 1.27 bits per heavy atom. The molecule has 2 aromatic rings. The molecule has 118 valence electrons. The van der Waals surface area contributed by atoms with Crippen LogP contribution in [0.4, 0.5) is 11.6 Å². The molecule has 4 N–H and O–H groups in total. The monoisotopic (exact) mass is 310 g/mol. The van der Waals surface area contributed by atoms with E-state index in [0.29, 0.717) is 13.1 Å². The molecular formula is C10H14N8O4. The van der Waals surface area contributed by atoms with Crippen LogP contribution in [0.2, 0.25) is 0 Å². The van der Waals surface area contributed by atoms with Gasteiger partial charge < -0.3 is 40.8 Å². The summed E-state index contributed by atoms with van der Waals surface area (Å²) in [7, 11) is 0. The smallest absolute Gasteiger partial charge is 0.358 e. The summed E-state index contributed by atoms with van der Waals surface area (Å²) >= 11 is 0. The highest BCUT2D eigenvalue weighted by atomic mass is 16.6. The molecule has 22 heavy (non-hydrogen) atoms. The normalized spacial score (nSPS) is 10.8. The largest absolute Gasteiger partial charge is 0.386 e. The zero-order valence-electron chi connectivity index (χ0n) is 11.5. The van der Waals surface area contributed by atoms with Crippen LogP contribution in [0.3, 0.4) is 0 Å². The molecule has 2 rings (SSSR count). The molecule has 0 amide bonds. The zero-order valence-corrected chi connectivity index (χ0v) is 11.5. The molecule has 0 aliphatic heterocycles. The summed E-state index contributed by atoms with van der Waals surface area (Å²) in [6.45, 7) is 0.524. The third kappa shape index (κ3) is 2.77. The van der Waals surface area contributed by atoms with E-state index in [9.17, 15) is 20.2 Å². The number of hydrogen-bond acceptors (Lipinski definition) is 8. The van der Waals surface area contributed by atoms with Gasteiger partial charge in [-0.15, -0.1) is 0 Å². The van der Waals surface area contributed by atoms with Crippen molar-refractivity contribution in [1.29, 1.82) is 0 Å². The third-order valence-corrected chi connectivity index (χ3v) is 3.16. The van der Waals surface area contributed by atoms with Gasteiger partial charge in [0.2, 0.25) is 12.7 Å². The first-order valence-corrected chi connectivity index (χ1v) is 6.26. The van der Waals surface area contributed by atoms with Gasteiger partial charge in [0.15, 0.2) is 0 Å². The lowest BCUT2D eigenvalue weighted by Gasteiger charge is -2.07. The van der Waals surface area contributed by atoms with Gasteiger partial charge in [0.05, 0.1) is 0 Å². The van der Waals surface area contributed by atoms with Crippen molar-refractivity contribution in [1.82, 2.24) is 19.1 Å². The van der Waals surface area contributed by atoms with Crippen molar-refractivity contribution >= 4 is 11.6 Å². The van der Waals surface area contributed by atoms with Gasteiger partial charge in [-0.25, -0.2) is 0 Å². The Balaban J connectivity index is 2.21. The number of aryl methyl sites for hydroxylation is 2. The first-order valence-electron chi connectivity index (χ1n) is 6.26.